The standard InChI is InChI=1S/C15H21NO3/c1-2-18-15(17)11-19-14-5-3-12(4-6-14)13-7-9-16-10-8-13/h3-6,13,16H,2,7-11H2,1H3. The first-order valence-electron chi connectivity index (χ1n) is 6.88. The third kappa shape index (κ3) is 4.24. The molecule has 1 fully saturated rings. The van der Waals surface area contributed by atoms with Gasteiger partial charge in [0.25, 0.3) is 0 Å². The highest BCUT2D eigenvalue weighted by Gasteiger charge is 2.14. The maximum absolute atomic E-state index is 11.2. The SMILES string of the molecule is CCOC(=O)COc1ccc(C2CCNCC2)cc1. The molecule has 4 heteroatoms. The number of hydrogen-bond acceptors (Lipinski definition) is 4. The Kier molecular flexibility index (Phi) is 5.21. The predicted octanol–water partition coefficient (Wildman–Crippen LogP) is 2.10. The highest BCUT2D eigenvalue weighted by atomic mass is 16.6. The highest BCUT2D eigenvalue weighted by molar-refractivity contribution is 5.71. The summed E-state index contributed by atoms with van der Waals surface area (Å²) >= 11 is 0. The lowest BCUT2D eigenvalue weighted by molar-refractivity contribution is -0.145. The van der Waals surface area contributed by atoms with Crippen LogP contribution in [0.3, 0.4) is 0 Å². The van der Waals surface area contributed by atoms with Gasteiger partial charge in [-0.2, -0.15) is 0 Å². The van der Waals surface area contributed by atoms with Crippen LogP contribution < -0.4 is 10.1 Å². The van der Waals surface area contributed by atoms with Crippen LogP contribution in [-0.2, 0) is 9.53 Å². The van der Waals surface area contributed by atoms with Crippen molar-refractivity contribution in [3.05, 3.63) is 29.8 Å². The lowest BCUT2D eigenvalue weighted by Gasteiger charge is -2.23. The van der Waals surface area contributed by atoms with Crippen molar-refractivity contribution in [2.45, 2.75) is 25.7 Å². The van der Waals surface area contributed by atoms with E-state index in [-0.39, 0.29) is 12.6 Å². The van der Waals surface area contributed by atoms with Gasteiger partial charge < -0.3 is 14.8 Å². The lowest BCUT2D eigenvalue weighted by Crippen LogP contribution is -2.26. The van der Waals surface area contributed by atoms with E-state index in [1.807, 2.05) is 12.1 Å². The molecule has 0 radical (unpaired) electrons. The van der Waals surface area contributed by atoms with Gasteiger partial charge >= 0.3 is 5.97 Å². The first kappa shape index (κ1) is 13.9. The van der Waals surface area contributed by atoms with Crippen molar-refractivity contribution in [1.29, 1.82) is 0 Å². The van der Waals surface area contributed by atoms with Crippen LogP contribution in [0.25, 0.3) is 0 Å². The molecule has 0 saturated carbocycles. The van der Waals surface area contributed by atoms with E-state index in [1.54, 1.807) is 6.92 Å². The fraction of sp³-hybridized carbons (Fsp3) is 0.533. The Bertz CT molecular complexity index is 396. The smallest absolute Gasteiger partial charge is 0.344 e. The van der Waals surface area contributed by atoms with Gasteiger partial charge in [-0.25, -0.2) is 4.79 Å². The number of esters is 1. The zero-order valence-electron chi connectivity index (χ0n) is 11.4. The Morgan fingerprint density at radius 3 is 2.58 bits per heavy atom. The third-order valence-corrected chi connectivity index (χ3v) is 3.35. The molecule has 1 heterocycles. The van der Waals surface area contributed by atoms with Crippen molar-refractivity contribution < 1.29 is 14.3 Å². The van der Waals surface area contributed by atoms with Gasteiger partial charge in [0.1, 0.15) is 5.75 Å². The molecule has 0 aromatic heterocycles. The van der Waals surface area contributed by atoms with Crippen LogP contribution in [0.5, 0.6) is 5.75 Å². The number of rotatable bonds is 5. The molecule has 1 saturated heterocycles. The molecule has 104 valence electrons. The largest absolute Gasteiger partial charge is 0.482 e. The number of carbonyl (C=O) groups is 1. The van der Waals surface area contributed by atoms with Gasteiger partial charge in [-0.3, -0.25) is 0 Å². The number of ether oxygens (including phenoxy) is 2. The molecule has 1 aromatic carbocycles. The van der Waals surface area contributed by atoms with Crippen LogP contribution in [0.1, 0.15) is 31.2 Å². The Hall–Kier alpha value is -1.55. The van der Waals surface area contributed by atoms with Gasteiger partial charge in [0.05, 0.1) is 6.61 Å². The van der Waals surface area contributed by atoms with E-state index in [0.29, 0.717) is 18.3 Å². The molecule has 1 aromatic rings. The zero-order chi connectivity index (χ0) is 13.5. The van der Waals surface area contributed by atoms with Gasteiger partial charge in [-0.1, -0.05) is 12.1 Å². The van der Waals surface area contributed by atoms with Crippen LogP contribution in [0.15, 0.2) is 24.3 Å². The van der Waals surface area contributed by atoms with Gasteiger partial charge in [-0.15, -0.1) is 0 Å². The summed E-state index contributed by atoms with van der Waals surface area (Å²) in [6.45, 7) is 4.32. The second-order valence-electron chi connectivity index (χ2n) is 4.69. The second kappa shape index (κ2) is 7.14. The topological polar surface area (TPSA) is 47.6 Å². The summed E-state index contributed by atoms with van der Waals surface area (Å²) in [5.41, 5.74) is 1.35. The molecule has 1 N–H and O–H groups in total. The normalized spacial score (nSPS) is 16.1. The summed E-state index contributed by atoms with van der Waals surface area (Å²) in [6, 6.07) is 8.04. The molecule has 0 atom stereocenters. The molecular weight excluding hydrogens is 242 g/mol. The van der Waals surface area contributed by atoms with E-state index in [9.17, 15) is 4.79 Å². The fourth-order valence-electron chi connectivity index (χ4n) is 2.34. The van der Waals surface area contributed by atoms with Crippen molar-refractivity contribution in [3.63, 3.8) is 0 Å². The molecule has 0 bridgehead atoms. The summed E-state index contributed by atoms with van der Waals surface area (Å²) in [4.78, 5) is 11.2. The second-order valence-corrected chi connectivity index (χ2v) is 4.69. The van der Waals surface area contributed by atoms with E-state index in [4.69, 9.17) is 9.47 Å². The van der Waals surface area contributed by atoms with Crippen molar-refractivity contribution in [3.8, 4) is 5.75 Å². The molecule has 2 rings (SSSR count). The van der Waals surface area contributed by atoms with E-state index >= 15 is 0 Å². The van der Waals surface area contributed by atoms with Crippen LogP contribution in [0, 0.1) is 0 Å². The molecule has 0 amide bonds. The zero-order valence-corrected chi connectivity index (χ0v) is 11.4. The Balaban J connectivity index is 1.85. The van der Waals surface area contributed by atoms with Gasteiger partial charge in [0, 0.05) is 0 Å². The number of benzene rings is 1. The summed E-state index contributed by atoms with van der Waals surface area (Å²) in [5, 5.41) is 3.36. The first-order valence-corrected chi connectivity index (χ1v) is 6.88. The quantitative estimate of drug-likeness (QED) is 0.826. The number of nitrogens with one attached hydrogen (secondary N) is 1. The molecule has 0 unspecified atom stereocenters. The summed E-state index contributed by atoms with van der Waals surface area (Å²) in [7, 11) is 0. The molecule has 0 spiro atoms. The minimum atomic E-state index is -0.329. The summed E-state index contributed by atoms with van der Waals surface area (Å²) < 4.78 is 10.2. The van der Waals surface area contributed by atoms with E-state index in [0.717, 1.165) is 13.1 Å². The third-order valence-electron chi connectivity index (χ3n) is 3.35. The van der Waals surface area contributed by atoms with Crippen molar-refractivity contribution in [1.82, 2.24) is 5.32 Å². The van der Waals surface area contributed by atoms with Crippen LogP contribution in [-0.4, -0.2) is 32.3 Å². The minimum absolute atomic E-state index is 0.0272. The Labute approximate surface area is 114 Å². The van der Waals surface area contributed by atoms with Gasteiger partial charge in [0.15, 0.2) is 6.61 Å². The molecule has 1 aliphatic rings. The maximum atomic E-state index is 11.2. The lowest BCUT2D eigenvalue weighted by atomic mass is 9.90. The molecule has 1 aliphatic heterocycles. The number of piperidine rings is 1. The Morgan fingerprint density at radius 1 is 1.26 bits per heavy atom. The Morgan fingerprint density at radius 2 is 1.95 bits per heavy atom. The van der Waals surface area contributed by atoms with Crippen LogP contribution in [0.2, 0.25) is 0 Å². The van der Waals surface area contributed by atoms with Gasteiger partial charge in [-0.05, 0) is 56.5 Å². The predicted molar refractivity (Wildman–Crippen MR) is 73.4 cm³/mol. The highest BCUT2D eigenvalue weighted by Crippen LogP contribution is 2.26. The number of hydrogen-bond donors (Lipinski definition) is 1. The van der Waals surface area contributed by atoms with E-state index < -0.39 is 0 Å². The minimum Gasteiger partial charge on any atom is -0.482 e. The van der Waals surface area contributed by atoms with Crippen molar-refractivity contribution in [2.75, 3.05) is 26.3 Å². The first-order chi connectivity index (χ1) is 9.29. The maximum Gasteiger partial charge on any atom is 0.344 e. The average Bonchev–Trinajstić information content (AvgIpc) is 2.47. The fourth-order valence-corrected chi connectivity index (χ4v) is 2.34. The molecular formula is C15H21NO3. The van der Waals surface area contributed by atoms with Crippen LogP contribution >= 0.6 is 0 Å². The molecule has 19 heavy (non-hydrogen) atoms. The summed E-state index contributed by atoms with van der Waals surface area (Å²) in [5.74, 6) is 1.02. The van der Waals surface area contributed by atoms with Crippen molar-refractivity contribution in [2.24, 2.45) is 0 Å². The van der Waals surface area contributed by atoms with E-state index in [1.165, 1.54) is 18.4 Å². The van der Waals surface area contributed by atoms with E-state index in [2.05, 4.69) is 17.4 Å². The number of carbonyl (C=O) groups excluding carboxylic acids is 1. The summed E-state index contributed by atoms with van der Waals surface area (Å²) in [6.07, 6.45) is 2.37. The van der Waals surface area contributed by atoms with Crippen molar-refractivity contribution >= 4 is 5.97 Å². The average molecular weight is 263 g/mol. The molecule has 4 nitrogen and oxygen atoms in total. The monoisotopic (exact) mass is 263 g/mol. The molecule has 0 aliphatic carbocycles. The van der Waals surface area contributed by atoms with Gasteiger partial charge in [0.2, 0.25) is 0 Å². The van der Waals surface area contributed by atoms with Crippen LogP contribution in [0.4, 0.5) is 0 Å².